The molecule has 1 aliphatic rings. The van der Waals surface area contributed by atoms with Gasteiger partial charge in [-0.05, 0) is 48.4 Å². The second kappa shape index (κ2) is 8.41. The van der Waals surface area contributed by atoms with Crippen molar-refractivity contribution in [3.63, 3.8) is 0 Å². The van der Waals surface area contributed by atoms with E-state index in [-0.39, 0.29) is 11.9 Å². The van der Waals surface area contributed by atoms with Gasteiger partial charge in [-0.3, -0.25) is 4.98 Å². The van der Waals surface area contributed by atoms with Crippen LogP contribution in [0.1, 0.15) is 23.9 Å². The highest BCUT2D eigenvalue weighted by Gasteiger charge is 2.21. The molecule has 154 valence electrons. The van der Waals surface area contributed by atoms with Crippen LogP contribution in [0.4, 0.5) is 6.01 Å². The van der Waals surface area contributed by atoms with Crippen LogP contribution in [-0.4, -0.2) is 25.1 Å². The number of nitrogens with one attached hydrogen (secondary N) is 1. The SMILES string of the molecule is Nc1nnc(C2C=CC(c3[nH]c(-c4ccccn4)nc3Sc3ccc(Cl)cc3)=CC2)o1. The summed E-state index contributed by atoms with van der Waals surface area (Å²) in [7, 11) is 0. The Kier molecular flexibility index (Phi) is 5.31. The molecule has 0 aliphatic heterocycles. The minimum absolute atomic E-state index is 0.000833. The summed E-state index contributed by atoms with van der Waals surface area (Å²) in [5.74, 6) is 1.23. The van der Waals surface area contributed by atoms with E-state index in [2.05, 4.69) is 26.2 Å². The van der Waals surface area contributed by atoms with Crippen molar-refractivity contribution in [2.75, 3.05) is 5.73 Å². The Morgan fingerprint density at radius 1 is 1.13 bits per heavy atom. The summed E-state index contributed by atoms with van der Waals surface area (Å²) in [6, 6.07) is 13.5. The molecule has 0 radical (unpaired) electrons. The Balaban J connectivity index is 1.48. The van der Waals surface area contributed by atoms with Crippen molar-refractivity contribution in [2.24, 2.45) is 0 Å². The van der Waals surface area contributed by atoms with Crippen molar-refractivity contribution in [3.8, 4) is 11.5 Å². The van der Waals surface area contributed by atoms with E-state index in [0.717, 1.165) is 33.3 Å². The number of H-pyrrole nitrogens is 1. The molecule has 4 aromatic rings. The molecule has 1 aromatic carbocycles. The van der Waals surface area contributed by atoms with Crippen LogP contribution in [0.25, 0.3) is 17.1 Å². The number of hydrogen-bond donors (Lipinski definition) is 2. The lowest BCUT2D eigenvalue weighted by molar-refractivity contribution is 0.488. The molecular weight excluding hydrogens is 432 g/mol. The van der Waals surface area contributed by atoms with E-state index in [4.69, 9.17) is 26.7 Å². The lowest BCUT2D eigenvalue weighted by Gasteiger charge is -2.13. The van der Waals surface area contributed by atoms with Gasteiger partial charge in [0.1, 0.15) is 10.7 Å². The molecule has 0 fully saturated rings. The van der Waals surface area contributed by atoms with Crippen molar-refractivity contribution in [3.05, 3.63) is 83.5 Å². The molecule has 5 rings (SSSR count). The first-order valence-corrected chi connectivity index (χ1v) is 10.8. The van der Waals surface area contributed by atoms with Crippen LogP contribution >= 0.6 is 23.4 Å². The zero-order valence-corrected chi connectivity index (χ0v) is 17.8. The van der Waals surface area contributed by atoms with Gasteiger partial charge in [0.25, 0.3) is 0 Å². The van der Waals surface area contributed by atoms with Gasteiger partial charge in [-0.25, -0.2) is 4.98 Å². The molecule has 3 heterocycles. The zero-order chi connectivity index (χ0) is 21.2. The van der Waals surface area contributed by atoms with Crippen LogP contribution in [0.3, 0.4) is 0 Å². The Bertz CT molecular complexity index is 1260. The molecule has 0 saturated heterocycles. The van der Waals surface area contributed by atoms with E-state index in [1.165, 1.54) is 0 Å². The second-order valence-electron chi connectivity index (χ2n) is 6.88. The molecular formula is C22H17ClN6OS. The average Bonchev–Trinajstić information content (AvgIpc) is 3.43. The predicted molar refractivity (Wildman–Crippen MR) is 121 cm³/mol. The van der Waals surface area contributed by atoms with Gasteiger partial charge in [-0.1, -0.05) is 52.8 Å². The number of allylic oxidation sites excluding steroid dienone is 4. The molecule has 9 heteroatoms. The normalized spacial score (nSPS) is 15.8. The highest BCUT2D eigenvalue weighted by atomic mass is 35.5. The summed E-state index contributed by atoms with van der Waals surface area (Å²) < 4.78 is 5.37. The van der Waals surface area contributed by atoms with Gasteiger partial charge < -0.3 is 15.1 Å². The minimum atomic E-state index is -0.000833. The maximum atomic E-state index is 6.03. The number of benzene rings is 1. The summed E-state index contributed by atoms with van der Waals surface area (Å²) in [5, 5.41) is 9.30. The second-order valence-corrected chi connectivity index (χ2v) is 8.37. The topological polar surface area (TPSA) is 107 Å². The van der Waals surface area contributed by atoms with Crippen molar-refractivity contribution in [2.45, 2.75) is 22.3 Å². The highest BCUT2D eigenvalue weighted by Crippen LogP contribution is 2.37. The first kappa shape index (κ1) is 19.6. The van der Waals surface area contributed by atoms with E-state index in [0.29, 0.717) is 16.7 Å². The maximum Gasteiger partial charge on any atom is 0.312 e. The fourth-order valence-electron chi connectivity index (χ4n) is 3.25. The summed E-state index contributed by atoms with van der Waals surface area (Å²) in [6.45, 7) is 0. The third-order valence-electron chi connectivity index (χ3n) is 4.77. The fraction of sp³-hybridized carbons (Fsp3) is 0.0909. The largest absolute Gasteiger partial charge is 0.408 e. The summed E-state index contributed by atoms with van der Waals surface area (Å²) >= 11 is 7.61. The van der Waals surface area contributed by atoms with Crippen LogP contribution < -0.4 is 5.73 Å². The van der Waals surface area contributed by atoms with E-state index >= 15 is 0 Å². The molecule has 7 nitrogen and oxygen atoms in total. The van der Waals surface area contributed by atoms with Gasteiger partial charge in [-0.15, -0.1) is 5.10 Å². The van der Waals surface area contributed by atoms with Crippen molar-refractivity contribution < 1.29 is 4.42 Å². The number of aromatic amines is 1. The molecule has 1 unspecified atom stereocenters. The minimum Gasteiger partial charge on any atom is -0.408 e. The molecule has 31 heavy (non-hydrogen) atoms. The van der Waals surface area contributed by atoms with Gasteiger partial charge in [-0.2, -0.15) is 0 Å². The van der Waals surface area contributed by atoms with E-state index in [9.17, 15) is 0 Å². The number of aromatic nitrogens is 5. The maximum absolute atomic E-state index is 6.03. The molecule has 0 amide bonds. The third kappa shape index (κ3) is 4.26. The standard InChI is InChI=1S/C22H17ClN6OS/c23-15-8-10-16(11-9-15)31-21-18(26-19(27-21)17-3-1-2-12-25-17)13-4-6-14(7-5-13)20-28-29-22(24)30-20/h1-6,8-12,14H,7H2,(H2,24,29)(H,26,27). The Morgan fingerprint density at radius 3 is 2.68 bits per heavy atom. The van der Waals surface area contributed by atoms with Gasteiger partial charge in [0.15, 0.2) is 5.82 Å². The van der Waals surface area contributed by atoms with Crippen LogP contribution in [-0.2, 0) is 0 Å². The summed E-state index contributed by atoms with van der Waals surface area (Å²) in [5.41, 5.74) is 8.31. The highest BCUT2D eigenvalue weighted by molar-refractivity contribution is 7.99. The number of nitrogens with two attached hydrogens (primary N) is 1. The number of pyridine rings is 1. The first-order chi connectivity index (χ1) is 15.2. The molecule has 3 aromatic heterocycles. The number of hydrogen-bond acceptors (Lipinski definition) is 7. The Hall–Kier alpha value is -3.36. The summed E-state index contributed by atoms with van der Waals surface area (Å²) in [4.78, 5) is 13.7. The zero-order valence-electron chi connectivity index (χ0n) is 16.2. The summed E-state index contributed by atoms with van der Waals surface area (Å²) in [6.07, 6.45) is 8.68. The Morgan fingerprint density at radius 2 is 2.00 bits per heavy atom. The quantitative estimate of drug-likeness (QED) is 0.422. The number of imidazole rings is 1. The van der Waals surface area contributed by atoms with Gasteiger partial charge >= 0.3 is 6.01 Å². The molecule has 0 bridgehead atoms. The van der Waals surface area contributed by atoms with E-state index in [1.54, 1.807) is 18.0 Å². The number of rotatable bonds is 5. The molecule has 1 atom stereocenters. The Labute approximate surface area is 187 Å². The average molecular weight is 449 g/mol. The molecule has 3 N–H and O–H groups in total. The number of halogens is 1. The molecule has 0 spiro atoms. The molecule has 1 aliphatic carbocycles. The van der Waals surface area contributed by atoms with Crippen molar-refractivity contribution in [1.29, 1.82) is 0 Å². The van der Waals surface area contributed by atoms with Crippen LogP contribution in [0.15, 0.2) is 81.2 Å². The van der Waals surface area contributed by atoms with Gasteiger partial charge in [0.05, 0.1) is 11.6 Å². The smallest absolute Gasteiger partial charge is 0.312 e. The van der Waals surface area contributed by atoms with Gasteiger partial charge in [0, 0.05) is 16.1 Å². The van der Waals surface area contributed by atoms with Crippen LogP contribution in [0, 0.1) is 0 Å². The number of anilines is 1. The van der Waals surface area contributed by atoms with Crippen molar-refractivity contribution >= 4 is 35.0 Å². The lowest BCUT2D eigenvalue weighted by atomic mass is 9.95. The van der Waals surface area contributed by atoms with Crippen LogP contribution in [0.5, 0.6) is 0 Å². The monoisotopic (exact) mass is 448 g/mol. The van der Waals surface area contributed by atoms with Gasteiger partial charge in [0.2, 0.25) is 5.89 Å². The predicted octanol–water partition coefficient (Wildman–Crippen LogP) is 5.37. The van der Waals surface area contributed by atoms with E-state index < -0.39 is 0 Å². The third-order valence-corrected chi connectivity index (χ3v) is 6.02. The first-order valence-electron chi connectivity index (χ1n) is 9.58. The van der Waals surface area contributed by atoms with Crippen molar-refractivity contribution in [1.82, 2.24) is 25.1 Å². The van der Waals surface area contributed by atoms with E-state index in [1.807, 2.05) is 54.6 Å². The number of nitrogens with zero attached hydrogens (tertiary/aromatic N) is 4. The molecule has 0 saturated carbocycles. The number of nitrogen functional groups attached to an aromatic ring is 1. The fourth-order valence-corrected chi connectivity index (χ4v) is 4.28. The lowest BCUT2D eigenvalue weighted by Crippen LogP contribution is -2.00. The van der Waals surface area contributed by atoms with Crippen LogP contribution in [0.2, 0.25) is 5.02 Å².